The lowest BCUT2D eigenvalue weighted by Crippen LogP contribution is -2.49. The summed E-state index contributed by atoms with van der Waals surface area (Å²) in [7, 11) is 0. The van der Waals surface area contributed by atoms with E-state index in [1.165, 1.54) is 17.5 Å². The first-order valence-electron chi connectivity index (χ1n) is 9.41. The Morgan fingerprint density at radius 1 is 1.23 bits per heavy atom. The Morgan fingerprint density at radius 2 is 2.08 bits per heavy atom. The van der Waals surface area contributed by atoms with Crippen LogP contribution < -0.4 is 5.73 Å². The van der Waals surface area contributed by atoms with Crippen LogP contribution in [-0.4, -0.2) is 30.1 Å². The maximum atomic E-state index is 9.53. The number of likely N-dealkylation sites (tertiary alicyclic amines) is 1. The van der Waals surface area contributed by atoms with E-state index < -0.39 is 0 Å². The van der Waals surface area contributed by atoms with Crippen LogP contribution in [0.4, 0.5) is 0 Å². The summed E-state index contributed by atoms with van der Waals surface area (Å²) in [6.07, 6.45) is 4.23. The maximum Gasteiger partial charge on any atom is 0.0995 e. The van der Waals surface area contributed by atoms with Crippen molar-refractivity contribution >= 4 is 11.6 Å². The van der Waals surface area contributed by atoms with Gasteiger partial charge in [0.2, 0.25) is 0 Å². The summed E-state index contributed by atoms with van der Waals surface area (Å²) in [5.41, 5.74) is 10.9. The molecule has 0 aromatic heterocycles. The van der Waals surface area contributed by atoms with Gasteiger partial charge in [0, 0.05) is 29.6 Å². The van der Waals surface area contributed by atoms with Gasteiger partial charge >= 0.3 is 0 Å². The molecule has 4 rings (SSSR count). The van der Waals surface area contributed by atoms with Gasteiger partial charge in [-0.15, -0.1) is 0 Å². The molecule has 1 fully saturated rings. The van der Waals surface area contributed by atoms with Crippen molar-refractivity contribution in [3.63, 3.8) is 0 Å². The summed E-state index contributed by atoms with van der Waals surface area (Å²) in [6, 6.07) is 17.5. The molecule has 1 heterocycles. The fraction of sp³-hybridized carbons (Fsp3) is 0.409. The quantitative estimate of drug-likeness (QED) is 0.897. The maximum absolute atomic E-state index is 9.53. The van der Waals surface area contributed by atoms with Gasteiger partial charge in [-0.1, -0.05) is 41.9 Å². The highest BCUT2D eigenvalue weighted by Gasteiger charge is 2.37. The van der Waals surface area contributed by atoms with Gasteiger partial charge in [0.25, 0.3) is 0 Å². The molecule has 3 nitrogen and oxygen atoms in total. The number of piperidine rings is 1. The first-order valence-corrected chi connectivity index (χ1v) is 9.79. The molecule has 0 amide bonds. The molecule has 1 aliphatic carbocycles. The van der Waals surface area contributed by atoms with E-state index in [0.29, 0.717) is 22.5 Å². The third kappa shape index (κ3) is 3.38. The third-order valence-corrected chi connectivity index (χ3v) is 6.17. The predicted molar refractivity (Wildman–Crippen MR) is 105 cm³/mol. The van der Waals surface area contributed by atoms with Crippen LogP contribution in [0.2, 0.25) is 5.02 Å². The van der Waals surface area contributed by atoms with Gasteiger partial charge in [-0.05, 0) is 61.1 Å². The minimum absolute atomic E-state index is 0.276. The number of hydrogen-bond acceptors (Lipinski definition) is 3. The molecule has 26 heavy (non-hydrogen) atoms. The number of rotatable bonds is 3. The van der Waals surface area contributed by atoms with E-state index in [1.807, 2.05) is 12.1 Å². The van der Waals surface area contributed by atoms with Gasteiger partial charge in [0.1, 0.15) is 0 Å². The van der Waals surface area contributed by atoms with Gasteiger partial charge in [0.15, 0.2) is 0 Å². The molecule has 1 aliphatic heterocycles. The molecule has 2 aromatic rings. The number of nitrogens with two attached hydrogens (primary N) is 1. The number of fused-ring (bicyclic) bond motifs is 1. The van der Waals surface area contributed by atoms with Crippen LogP contribution >= 0.6 is 11.6 Å². The molecule has 0 spiro atoms. The third-order valence-electron chi connectivity index (χ3n) is 5.94. The number of halogens is 1. The Bertz CT molecular complexity index is 842. The van der Waals surface area contributed by atoms with Crippen LogP contribution in [0.1, 0.15) is 41.0 Å². The van der Waals surface area contributed by atoms with E-state index in [2.05, 4.69) is 35.2 Å². The largest absolute Gasteiger partial charge is 0.327 e. The summed E-state index contributed by atoms with van der Waals surface area (Å²) < 4.78 is 0. The first kappa shape index (κ1) is 17.5. The van der Waals surface area contributed by atoms with Crippen LogP contribution in [-0.2, 0) is 12.8 Å². The second kappa shape index (κ2) is 7.40. The van der Waals surface area contributed by atoms with Crippen molar-refractivity contribution < 1.29 is 0 Å². The van der Waals surface area contributed by atoms with Crippen molar-refractivity contribution in [1.82, 2.24) is 4.90 Å². The molecule has 0 saturated carbocycles. The predicted octanol–water partition coefficient (Wildman–Crippen LogP) is 3.89. The first-order chi connectivity index (χ1) is 12.7. The summed E-state index contributed by atoms with van der Waals surface area (Å²) in [4.78, 5) is 2.58. The van der Waals surface area contributed by atoms with E-state index in [1.54, 1.807) is 6.07 Å². The average molecular weight is 366 g/mol. The van der Waals surface area contributed by atoms with E-state index in [9.17, 15) is 5.26 Å². The molecule has 0 radical (unpaired) electrons. The fourth-order valence-corrected chi connectivity index (χ4v) is 4.87. The zero-order valence-corrected chi connectivity index (χ0v) is 15.6. The van der Waals surface area contributed by atoms with E-state index in [-0.39, 0.29) is 6.04 Å². The van der Waals surface area contributed by atoms with Crippen molar-refractivity contribution in [3.8, 4) is 6.07 Å². The van der Waals surface area contributed by atoms with Gasteiger partial charge in [-0.3, -0.25) is 4.90 Å². The van der Waals surface area contributed by atoms with Gasteiger partial charge in [-0.25, -0.2) is 0 Å². The molecule has 0 bridgehead atoms. The lowest BCUT2D eigenvalue weighted by molar-refractivity contribution is 0.136. The van der Waals surface area contributed by atoms with Crippen molar-refractivity contribution in [2.24, 2.45) is 5.73 Å². The Morgan fingerprint density at radius 3 is 2.88 bits per heavy atom. The Balaban J connectivity index is 1.67. The number of hydrogen-bond donors (Lipinski definition) is 1. The van der Waals surface area contributed by atoms with Crippen LogP contribution in [0.25, 0.3) is 0 Å². The highest BCUT2D eigenvalue weighted by molar-refractivity contribution is 6.30. The zero-order valence-electron chi connectivity index (χ0n) is 14.9. The fourth-order valence-electron chi connectivity index (χ4n) is 4.70. The molecule has 4 heteroatoms. The van der Waals surface area contributed by atoms with Crippen molar-refractivity contribution in [2.45, 2.75) is 43.7 Å². The number of nitrogens with zero attached hydrogens (tertiary/aromatic N) is 2. The summed E-state index contributed by atoms with van der Waals surface area (Å²) in [6.45, 7) is 2.09. The molecule has 0 unspecified atom stereocenters. The molecule has 1 saturated heterocycles. The average Bonchev–Trinajstić information content (AvgIpc) is 3.02. The van der Waals surface area contributed by atoms with Gasteiger partial charge < -0.3 is 5.73 Å². The Labute approximate surface area is 160 Å². The molecular formula is C22H24ClN3. The minimum atomic E-state index is 0.276. The van der Waals surface area contributed by atoms with Crippen molar-refractivity contribution in [3.05, 3.63) is 69.7 Å². The Hall–Kier alpha value is -1.86. The van der Waals surface area contributed by atoms with E-state index >= 15 is 0 Å². The lowest BCUT2D eigenvalue weighted by atomic mass is 9.87. The topological polar surface area (TPSA) is 53.0 Å². The van der Waals surface area contributed by atoms with E-state index in [0.717, 1.165) is 37.9 Å². The number of benzene rings is 2. The molecule has 2 N–H and O–H groups in total. The Kier molecular flexibility index (Phi) is 5.00. The molecule has 3 atom stereocenters. The summed E-state index contributed by atoms with van der Waals surface area (Å²) in [5.74, 6) is 0.393. The molecular weight excluding hydrogens is 342 g/mol. The number of nitriles is 1. The molecule has 134 valence electrons. The minimum Gasteiger partial charge on any atom is -0.327 e. The van der Waals surface area contributed by atoms with Crippen LogP contribution in [0, 0.1) is 11.3 Å². The second-order valence-corrected chi connectivity index (χ2v) is 8.03. The molecule has 2 aromatic carbocycles. The van der Waals surface area contributed by atoms with Crippen molar-refractivity contribution in [1.29, 1.82) is 5.26 Å². The lowest BCUT2D eigenvalue weighted by Gasteiger charge is -2.38. The standard InChI is InChI=1S/C22H24ClN3/c23-18-8-7-15(17(10-18)13-24)11-21-20-6-2-1-4-16(20)12-22(21)26-9-3-5-19(25)14-26/h1-2,4,6-8,10,19,21-22H,3,5,9,11-12,14,25H2/t19-,21+,22+/m0/s1. The van der Waals surface area contributed by atoms with Crippen LogP contribution in [0.3, 0.4) is 0 Å². The summed E-state index contributed by atoms with van der Waals surface area (Å²) >= 11 is 6.09. The molecule has 2 aliphatic rings. The summed E-state index contributed by atoms with van der Waals surface area (Å²) in [5, 5.41) is 10.1. The highest BCUT2D eigenvalue weighted by atomic mass is 35.5. The zero-order chi connectivity index (χ0) is 18.1. The SMILES string of the molecule is N#Cc1cc(Cl)ccc1C[C@@H]1c2ccccc2C[C@H]1N1CCC[C@H](N)C1. The monoisotopic (exact) mass is 365 g/mol. The van der Waals surface area contributed by atoms with Gasteiger partial charge in [0.05, 0.1) is 11.6 Å². The van der Waals surface area contributed by atoms with Crippen molar-refractivity contribution in [2.75, 3.05) is 13.1 Å². The second-order valence-electron chi connectivity index (χ2n) is 7.59. The van der Waals surface area contributed by atoms with Gasteiger partial charge in [-0.2, -0.15) is 5.26 Å². The van der Waals surface area contributed by atoms with E-state index in [4.69, 9.17) is 17.3 Å². The normalized spacial score (nSPS) is 25.7. The smallest absolute Gasteiger partial charge is 0.0995 e. The van der Waals surface area contributed by atoms with Crippen LogP contribution in [0.5, 0.6) is 0 Å². The highest BCUT2D eigenvalue weighted by Crippen LogP contribution is 2.40. The van der Waals surface area contributed by atoms with Crippen LogP contribution in [0.15, 0.2) is 42.5 Å².